The van der Waals surface area contributed by atoms with Crippen molar-refractivity contribution in [2.45, 2.75) is 64.1 Å². The highest BCUT2D eigenvalue weighted by atomic mass is 16.3. The second-order valence-corrected chi connectivity index (χ2v) is 7.56. The highest BCUT2D eigenvalue weighted by molar-refractivity contribution is 5.80. The van der Waals surface area contributed by atoms with Crippen LogP contribution in [0.3, 0.4) is 0 Å². The molecule has 1 aliphatic carbocycles. The lowest BCUT2D eigenvalue weighted by Gasteiger charge is -2.29. The number of guanidine groups is 1. The molecule has 0 amide bonds. The van der Waals surface area contributed by atoms with Gasteiger partial charge in [0, 0.05) is 38.8 Å². The summed E-state index contributed by atoms with van der Waals surface area (Å²) in [5.41, 5.74) is 3.00. The third-order valence-electron chi connectivity index (χ3n) is 5.49. The molecule has 0 spiro atoms. The second-order valence-electron chi connectivity index (χ2n) is 7.56. The van der Waals surface area contributed by atoms with Crippen molar-refractivity contribution in [3.05, 3.63) is 35.4 Å². The molecule has 5 heteroatoms. The van der Waals surface area contributed by atoms with Gasteiger partial charge in [-0.3, -0.25) is 9.89 Å². The number of hydrogen-bond acceptors (Lipinski definition) is 3. The second kappa shape index (κ2) is 9.93. The molecule has 0 bridgehead atoms. The highest BCUT2D eigenvalue weighted by Gasteiger charge is 2.20. The Balaban J connectivity index is 1.41. The molecule has 144 valence electrons. The molecule has 1 aliphatic heterocycles. The third kappa shape index (κ3) is 5.71. The number of rotatable bonds is 6. The quantitative estimate of drug-likeness (QED) is 0.415. The number of nitrogens with one attached hydrogen (secondary N) is 2. The van der Waals surface area contributed by atoms with Crippen LogP contribution in [-0.4, -0.2) is 54.3 Å². The smallest absolute Gasteiger partial charge is 0.191 e. The van der Waals surface area contributed by atoms with E-state index in [-0.39, 0.29) is 6.10 Å². The zero-order valence-corrected chi connectivity index (χ0v) is 16.1. The Morgan fingerprint density at radius 2 is 1.96 bits per heavy atom. The topological polar surface area (TPSA) is 59.9 Å². The maximum Gasteiger partial charge on any atom is 0.191 e. The van der Waals surface area contributed by atoms with E-state index in [4.69, 9.17) is 4.99 Å². The Morgan fingerprint density at radius 1 is 1.19 bits per heavy atom. The monoisotopic (exact) mass is 358 g/mol. The van der Waals surface area contributed by atoms with Crippen LogP contribution in [0.1, 0.15) is 50.2 Å². The van der Waals surface area contributed by atoms with Crippen LogP contribution in [0, 0.1) is 0 Å². The standard InChI is InChI=1S/C21H34N4O/c1-2-22-21(24-19-8-10-20(26)11-9-19)23-13-5-14-25-15-12-17-6-3-4-7-18(17)16-25/h3-4,6-7,19-20,26H,2,5,8-16H2,1H3,(H2,22,23,24). The van der Waals surface area contributed by atoms with Gasteiger partial charge >= 0.3 is 0 Å². The zero-order valence-electron chi connectivity index (χ0n) is 16.1. The lowest BCUT2D eigenvalue weighted by molar-refractivity contribution is 0.120. The lowest BCUT2D eigenvalue weighted by Crippen LogP contribution is -2.45. The SMILES string of the molecule is CCNC(=NCCCN1CCc2ccccc2C1)NC1CCC(O)CC1. The van der Waals surface area contributed by atoms with Gasteiger partial charge in [-0.1, -0.05) is 24.3 Å². The molecule has 0 aromatic heterocycles. The van der Waals surface area contributed by atoms with Gasteiger partial charge < -0.3 is 15.7 Å². The first-order valence-electron chi connectivity index (χ1n) is 10.3. The summed E-state index contributed by atoms with van der Waals surface area (Å²) in [6.07, 6.45) is 5.99. The Morgan fingerprint density at radius 3 is 2.73 bits per heavy atom. The van der Waals surface area contributed by atoms with Crippen molar-refractivity contribution < 1.29 is 5.11 Å². The summed E-state index contributed by atoms with van der Waals surface area (Å²) in [7, 11) is 0. The molecular formula is C21H34N4O. The Labute approximate surface area is 157 Å². The van der Waals surface area contributed by atoms with E-state index in [2.05, 4.69) is 46.7 Å². The van der Waals surface area contributed by atoms with Crippen molar-refractivity contribution in [1.82, 2.24) is 15.5 Å². The molecule has 0 saturated heterocycles. The Kier molecular flexibility index (Phi) is 7.32. The third-order valence-corrected chi connectivity index (χ3v) is 5.49. The molecule has 1 saturated carbocycles. The minimum Gasteiger partial charge on any atom is -0.393 e. The lowest BCUT2D eigenvalue weighted by atomic mass is 9.93. The summed E-state index contributed by atoms with van der Waals surface area (Å²) in [4.78, 5) is 7.30. The molecule has 1 fully saturated rings. The van der Waals surface area contributed by atoms with E-state index in [0.717, 1.165) is 77.2 Å². The number of nitrogens with zero attached hydrogens (tertiary/aromatic N) is 2. The number of aliphatic imine (C=N–C) groups is 1. The molecule has 0 radical (unpaired) electrons. The van der Waals surface area contributed by atoms with Gasteiger partial charge in [-0.05, 0) is 56.6 Å². The highest BCUT2D eigenvalue weighted by Crippen LogP contribution is 2.19. The molecule has 26 heavy (non-hydrogen) atoms. The summed E-state index contributed by atoms with van der Waals surface area (Å²) in [5.74, 6) is 0.929. The Hall–Kier alpha value is -1.59. The van der Waals surface area contributed by atoms with E-state index in [0.29, 0.717) is 6.04 Å². The molecule has 0 atom stereocenters. The summed E-state index contributed by atoms with van der Waals surface area (Å²) < 4.78 is 0. The number of benzene rings is 1. The van der Waals surface area contributed by atoms with Crippen molar-refractivity contribution in [3.8, 4) is 0 Å². The summed E-state index contributed by atoms with van der Waals surface area (Å²) >= 11 is 0. The maximum absolute atomic E-state index is 9.64. The fourth-order valence-corrected chi connectivity index (χ4v) is 3.96. The van der Waals surface area contributed by atoms with Crippen molar-refractivity contribution in [3.63, 3.8) is 0 Å². The molecule has 0 unspecified atom stereocenters. The number of hydrogen-bond donors (Lipinski definition) is 3. The molecular weight excluding hydrogens is 324 g/mol. The van der Waals surface area contributed by atoms with Crippen LogP contribution < -0.4 is 10.6 Å². The van der Waals surface area contributed by atoms with Gasteiger partial charge in [-0.2, -0.15) is 0 Å². The van der Waals surface area contributed by atoms with E-state index >= 15 is 0 Å². The van der Waals surface area contributed by atoms with Crippen LogP contribution in [0.2, 0.25) is 0 Å². The van der Waals surface area contributed by atoms with Crippen molar-refractivity contribution >= 4 is 5.96 Å². The fourth-order valence-electron chi connectivity index (χ4n) is 3.96. The first-order chi connectivity index (χ1) is 12.7. The Bertz CT molecular complexity index is 581. The van der Waals surface area contributed by atoms with Gasteiger partial charge in [-0.15, -0.1) is 0 Å². The van der Waals surface area contributed by atoms with Gasteiger partial charge in [0.25, 0.3) is 0 Å². The number of aliphatic hydroxyl groups is 1. The predicted octanol–water partition coefficient (Wildman–Crippen LogP) is 2.29. The normalized spacial score (nSPS) is 24.2. The van der Waals surface area contributed by atoms with E-state index in [1.54, 1.807) is 0 Å². The van der Waals surface area contributed by atoms with Crippen LogP contribution in [0.5, 0.6) is 0 Å². The molecule has 3 rings (SSSR count). The van der Waals surface area contributed by atoms with Crippen molar-refractivity contribution in [1.29, 1.82) is 0 Å². The summed E-state index contributed by atoms with van der Waals surface area (Å²) in [6.45, 7) is 7.17. The first-order valence-corrected chi connectivity index (χ1v) is 10.3. The van der Waals surface area contributed by atoms with Crippen LogP contribution in [0.4, 0.5) is 0 Å². The van der Waals surface area contributed by atoms with Crippen LogP contribution in [0.15, 0.2) is 29.3 Å². The zero-order chi connectivity index (χ0) is 18.2. The van der Waals surface area contributed by atoms with Gasteiger partial charge in [-0.25, -0.2) is 0 Å². The summed E-state index contributed by atoms with van der Waals surface area (Å²) in [6, 6.07) is 9.25. The van der Waals surface area contributed by atoms with E-state index in [1.807, 2.05) is 0 Å². The molecule has 1 aromatic rings. The molecule has 2 aliphatic rings. The van der Waals surface area contributed by atoms with Crippen LogP contribution in [-0.2, 0) is 13.0 Å². The number of aliphatic hydroxyl groups excluding tert-OH is 1. The number of fused-ring (bicyclic) bond motifs is 1. The fraction of sp³-hybridized carbons (Fsp3) is 0.667. The predicted molar refractivity (Wildman–Crippen MR) is 107 cm³/mol. The first kappa shape index (κ1) is 19.2. The molecule has 5 nitrogen and oxygen atoms in total. The van der Waals surface area contributed by atoms with Gasteiger partial charge in [0.15, 0.2) is 5.96 Å². The van der Waals surface area contributed by atoms with Crippen molar-refractivity contribution in [2.75, 3.05) is 26.2 Å². The summed E-state index contributed by atoms with van der Waals surface area (Å²) in [5, 5.41) is 16.5. The van der Waals surface area contributed by atoms with E-state index < -0.39 is 0 Å². The van der Waals surface area contributed by atoms with Crippen molar-refractivity contribution in [2.24, 2.45) is 4.99 Å². The van der Waals surface area contributed by atoms with Gasteiger partial charge in [0.1, 0.15) is 0 Å². The largest absolute Gasteiger partial charge is 0.393 e. The minimum atomic E-state index is -0.109. The van der Waals surface area contributed by atoms with E-state index in [1.165, 1.54) is 11.1 Å². The minimum absolute atomic E-state index is 0.109. The van der Waals surface area contributed by atoms with Crippen LogP contribution >= 0.6 is 0 Å². The van der Waals surface area contributed by atoms with Gasteiger partial charge in [0.2, 0.25) is 0 Å². The molecule has 3 N–H and O–H groups in total. The van der Waals surface area contributed by atoms with Crippen LogP contribution in [0.25, 0.3) is 0 Å². The van der Waals surface area contributed by atoms with Gasteiger partial charge in [0.05, 0.1) is 6.10 Å². The maximum atomic E-state index is 9.64. The average Bonchev–Trinajstić information content (AvgIpc) is 2.67. The molecule has 1 heterocycles. The molecule has 1 aromatic carbocycles. The average molecular weight is 359 g/mol. The van der Waals surface area contributed by atoms with E-state index in [9.17, 15) is 5.11 Å².